The first-order valence-electron chi connectivity index (χ1n) is 7.96. The average molecular weight is 281 g/mol. The lowest BCUT2D eigenvalue weighted by Crippen LogP contribution is -2.64. The van der Waals surface area contributed by atoms with E-state index in [4.69, 9.17) is 15.3 Å². The number of hydrazine groups is 1. The van der Waals surface area contributed by atoms with E-state index in [2.05, 4.69) is 10.3 Å². The van der Waals surface area contributed by atoms with Crippen molar-refractivity contribution >= 4 is 0 Å². The summed E-state index contributed by atoms with van der Waals surface area (Å²) in [6.45, 7) is 4.56. The molecule has 2 aliphatic heterocycles. The van der Waals surface area contributed by atoms with E-state index in [9.17, 15) is 0 Å². The first-order valence-corrected chi connectivity index (χ1v) is 7.96. The minimum Gasteiger partial charge on any atom is -0.501 e. The minimum atomic E-state index is 0.158. The van der Waals surface area contributed by atoms with Crippen molar-refractivity contribution in [2.45, 2.75) is 50.1 Å². The number of hydrogen-bond acceptors (Lipinski definition) is 5. The van der Waals surface area contributed by atoms with Gasteiger partial charge in [-0.25, -0.2) is 0 Å². The van der Waals surface area contributed by atoms with Crippen molar-refractivity contribution in [2.75, 3.05) is 32.9 Å². The molecule has 0 aromatic heterocycles. The number of nitrogens with two attached hydrogens (primary N) is 1. The molecule has 0 amide bonds. The maximum Gasteiger partial charge on any atom is 0.0876 e. The van der Waals surface area contributed by atoms with E-state index in [0.29, 0.717) is 0 Å². The van der Waals surface area contributed by atoms with E-state index in [-0.39, 0.29) is 11.6 Å². The van der Waals surface area contributed by atoms with Gasteiger partial charge < -0.3 is 9.47 Å². The van der Waals surface area contributed by atoms with Crippen molar-refractivity contribution in [1.82, 2.24) is 10.3 Å². The summed E-state index contributed by atoms with van der Waals surface area (Å²) >= 11 is 0. The molecule has 0 aromatic rings. The molecule has 3 aliphatic rings. The maximum absolute atomic E-state index is 5.97. The lowest BCUT2D eigenvalue weighted by atomic mass is 9.80. The second-order valence-electron chi connectivity index (χ2n) is 6.18. The van der Waals surface area contributed by atoms with Crippen LogP contribution in [0, 0.1) is 0 Å². The van der Waals surface area contributed by atoms with Crippen LogP contribution in [0.5, 0.6) is 0 Å². The molecule has 1 atom stereocenters. The van der Waals surface area contributed by atoms with E-state index in [0.717, 1.165) is 45.8 Å². The first kappa shape index (κ1) is 14.3. The highest BCUT2D eigenvalue weighted by Crippen LogP contribution is 2.41. The van der Waals surface area contributed by atoms with Gasteiger partial charge in [-0.05, 0) is 31.3 Å². The van der Waals surface area contributed by atoms with Gasteiger partial charge in [0.15, 0.2) is 0 Å². The van der Waals surface area contributed by atoms with Gasteiger partial charge in [-0.1, -0.05) is 12.8 Å². The van der Waals surface area contributed by atoms with Gasteiger partial charge in [0.1, 0.15) is 0 Å². The Balaban J connectivity index is 1.85. The quantitative estimate of drug-likeness (QED) is 0.598. The van der Waals surface area contributed by atoms with E-state index in [1.807, 2.05) is 6.26 Å². The number of rotatable bonds is 4. The average Bonchev–Trinajstić information content (AvgIpc) is 3.01. The van der Waals surface area contributed by atoms with Gasteiger partial charge in [0, 0.05) is 18.6 Å². The summed E-state index contributed by atoms with van der Waals surface area (Å²) in [5, 5.41) is 0. The molecular formula is C15H27N3O2. The lowest BCUT2D eigenvalue weighted by molar-refractivity contribution is -0.0321. The monoisotopic (exact) mass is 281 g/mol. The molecule has 20 heavy (non-hydrogen) atoms. The number of morpholine rings is 1. The third kappa shape index (κ3) is 2.60. The third-order valence-corrected chi connectivity index (χ3v) is 5.15. The normalized spacial score (nSPS) is 28.8. The summed E-state index contributed by atoms with van der Waals surface area (Å²) in [5.41, 5.74) is 4.62. The molecular weight excluding hydrogens is 254 g/mol. The summed E-state index contributed by atoms with van der Waals surface area (Å²) in [7, 11) is 0. The summed E-state index contributed by atoms with van der Waals surface area (Å²) in [6.07, 6.45) is 9.18. The molecule has 1 aliphatic carbocycles. The summed E-state index contributed by atoms with van der Waals surface area (Å²) in [4.78, 5) is 2.61. The van der Waals surface area contributed by atoms with Crippen LogP contribution in [0.4, 0.5) is 0 Å². The van der Waals surface area contributed by atoms with Crippen LogP contribution in [0.1, 0.15) is 38.5 Å². The van der Waals surface area contributed by atoms with Crippen molar-refractivity contribution in [1.29, 1.82) is 0 Å². The molecule has 114 valence electrons. The Kier molecular flexibility index (Phi) is 4.61. The Morgan fingerprint density at radius 2 is 1.90 bits per heavy atom. The van der Waals surface area contributed by atoms with Gasteiger partial charge in [0.25, 0.3) is 0 Å². The molecule has 1 unspecified atom stereocenters. The Bertz CT molecular complexity index is 347. The fraction of sp³-hybridized carbons (Fsp3) is 0.867. The van der Waals surface area contributed by atoms with Crippen molar-refractivity contribution < 1.29 is 9.47 Å². The zero-order valence-electron chi connectivity index (χ0n) is 12.3. The van der Waals surface area contributed by atoms with Crippen molar-refractivity contribution in [3.8, 4) is 0 Å². The Morgan fingerprint density at radius 1 is 1.15 bits per heavy atom. The number of ether oxygens (including phenoxy) is 2. The van der Waals surface area contributed by atoms with Crippen molar-refractivity contribution in [3.05, 3.63) is 11.8 Å². The molecule has 0 aromatic carbocycles. The maximum atomic E-state index is 5.97. The lowest BCUT2D eigenvalue weighted by Gasteiger charge is -2.49. The van der Waals surface area contributed by atoms with Gasteiger partial charge in [-0.2, -0.15) is 0 Å². The molecule has 0 bridgehead atoms. The highest BCUT2D eigenvalue weighted by molar-refractivity contribution is 5.20. The predicted molar refractivity (Wildman–Crippen MR) is 78.0 cm³/mol. The zero-order chi connectivity index (χ0) is 13.8. The molecule has 2 fully saturated rings. The van der Waals surface area contributed by atoms with Crippen LogP contribution in [-0.4, -0.2) is 49.4 Å². The summed E-state index contributed by atoms with van der Waals surface area (Å²) in [6, 6.07) is 0.211. The number of nitrogens with one attached hydrogen (secondary N) is 1. The first-order chi connectivity index (χ1) is 9.87. The van der Waals surface area contributed by atoms with Gasteiger partial charge >= 0.3 is 0 Å². The number of hydrogen-bond donors (Lipinski definition) is 2. The molecule has 5 heteroatoms. The van der Waals surface area contributed by atoms with Crippen LogP contribution < -0.4 is 11.3 Å². The molecule has 3 rings (SSSR count). The largest absolute Gasteiger partial charge is 0.501 e. The Hall–Kier alpha value is -0.620. The summed E-state index contributed by atoms with van der Waals surface area (Å²) < 4.78 is 11.1. The third-order valence-electron chi connectivity index (χ3n) is 5.15. The van der Waals surface area contributed by atoms with E-state index < -0.39 is 0 Å². The van der Waals surface area contributed by atoms with E-state index in [1.165, 1.54) is 31.3 Å². The molecule has 1 saturated carbocycles. The van der Waals surface area contributed by atoms with Crippen LogP contribution >= 0.6 is 0 Å². The molecule has 2 heterocycles. The second kappa shape index (κ2) is 6.43. The molecule has 0 radical (unpaired) electrons. The standard InChI is InChI=1S/C15H27N3O2/c16-17-14(13-4-3-9-20-12-13)15(5-1-2-6-15)18-7-10-19-11-8-18/h12,14,17H,1-11,16H2. The highest BCUT2D eigenvalue weighted by Gasteiger charge is 2.47. The van der Waals surface area contributed by atoms with Gasteiger partial charge in [-0.15, -0.1) is 0 Å². The van der Waals surface area contributed by atoms with Crippen molar-refractivity contribution in [3.63, 3.8) is 0 Å². The second-order valence-corrected chi connectivity index (χ2v) is 6.18. The molecule has 1 saturated heterocycles. The zero-order valence-corrected chi connectivity index (χ0v) is 12.3. The van der Waals surface area contributed by atoms with Crippen LogP contribution in [0.3, 0.4) is 0 Å². The van der Waals surface area contributed by atoms with Crippen LogP contribution in [-0.2, 0) is 9.47 Å². The number of nitrogens with zero attached hydrogens (tertiary/aromatic N) is 1. The fourth-order valence-corrected chi connectivity index (χ4v) is 4.19. The van der Waals surface area contributed by atoms with Crippen molar-refractivity contribution in [2.24, 2.45) is 5.84 Å². The van der Waals surface area contributed by atoms with E-state index in [1.54, 1.807) is 0 Å². The SMILES string of the molecule is NNC(C1=COCCC1)C1(N2CCOCC2)CCCC1. The Morgan fingerprint density at radius 3 is 2.50 bits per heavy atom. The molecule has 5 nitrogen and oxygen atoms in total. The van der Waals surface area contributed by atoms with Gasteiger partial charge in [0.05, 0.1) is 32.1 Å². The fourth-order valence-electron chi connectivity index (χ4n) is 4.19. The van der Waals surface area contributed by atoms with Crippen LogP contribution in [0.15, 0.2) is 11.8 Å². The predicted octanol–water partition coefficient (Wildman–Crippen LogP) is 1.16. The van der Waals surface area contributed by atoms with E-state index >= 15 is 0 Å². The van der Waals surface area contributed by atoms with Gasteiger partial charge in [-0.3, -0.25) is 16.2 Å². The minimum absolute atomic E-state index is 0.158. The Labute approximate surface area is 121 Å². The summed E-state index contributed by atoms with van der Waals surface area (Å²) in [5.74, 6) is 5.97. The highest BCUT2D eigenvalue weighted by atomic mass is 16.5. The van der Waals surface area contributed by atoms with Gasteiger partial charge in [0.2, 0.25) is 0 Å². The molecule has 0 spiro atoms. The van der Waals surface area contributed by atoms with Crippen LogP contribution in [0.25, 0.3) is 0 Å². The van der Waals surface area contributed by atoms with Crippen LogP contribution in [0.2, 0.25) is 0 Å². The smallest absolute Gasteiger partial charge is 0.0876 e. The topological polar surface area (TPSA) is 59.8 Å². The molecule has 3 N–H and O–H groups in total.